The van der Waals surface area contributed by atoms with Crippen molar-refractivity contribution in [3.8, 4) is 5.75 Å². The van der Waals surface area contributed by atoms with Crippen molar-refractivity contribution in [2.24, 2.45) is 0 Å². The fraction of sp³-hybridized carbons (Fsp3) is 0.500. The van der Waals surface area contributed by atoms with Gasteiger partial charge >= 0.3 is 0 Å². The smallest absolute Gasteiger partial charge is 0.199 e. The van der Waals surface area contributed by atoms with Gasteiger partial charge in [-0.3, -0.25) is 9.47 Å². The Kier molecular flexibility index (Phi) is 5.31. The van der Waals surface area contributed by atoms with Gasteiger partial charge in [-0.1, -0.05) is 6.08 Å². The van der Waals surface area contributed by atoms with Crippen LogP contribution >= 0.6 is 12.2 Å². The van der Waals surface area contributed by atoms with E-state index in [0.717, 1.165) is 55.7 Å². The second-order valence-electron chi connectivity index (χ2n) is 7.26. The van der Waals surface area contributed by atoms with Gasteiger partial charge in [0.1, 0.15) is 11.6 Å². The molecule has 0 N–H and O–H groups in total. The summed E-state index contributed by atoms with van der Waals surface area (Å²) in [6.07, 6.45) is 4.36. The molecule has 0 radical (unpaired) electrons. The Bertz CT molecular complexity index is 844. The molecule has 0 atom stereocenters. The van der Waals surface area contributed by atoms with Gasteiger partial charge in [0.15, 0.2) is 4.77 Å². The van der Waals surface area contributed by atoms with E-state index in [4.69, 9.17) is 22.1 Å². The maximum Gasteiger partial charge on any atom is 0.199 e. The molecule has 144 valence electrons. The Balaban J connectivity index is 1.39. The minimum atomic E-state index is 0.583. The van der Waals surface area contributed by atoms with E-state index in [1.165, 1.54) is 18.5 Å². The molecule has 0 bridgehead atoms. The van der Waals surface area contributed by atoms with Crippen LogP contribution in [0.2, 0.25) is 0 Å². The Hall–Kier alpha value is -2.12. The van der Waals surface area contributed by atoms with Crippen molar-refractivity contribution in [2.45, 2.75) is 32.0 Å². The van der Waals surface area contributed by atoms with Crippen LogP contribution in [0.4, 0.5) is 5.69 Å². The molecule has 2 aliphatic rings. The topological polar surface area (TPSA) is 38.5 Å². The highest BCUT2D eigenvalue weighted by Gasteiger charge is 2.30. The standard InChI is InChI=1S/C20H27N5OS/c1-3-10-24-19(16-4-5-16)21-25(20(24)27)15-22-11-13-23(14-12-22)17-6-8-18(26-2)9-7-17/h3,6-9,16H,1,4-5,10-15H2,2H3. The monoisotopic (exact) mass is 385 g/mol. The zero-order valence-electron chi connectivity index (χ0n) is 15.9. The van der Waals surface area contributed by atoms with Gasteiger partial charge in [-0.05, 0) is 49.3 Å². The summed E-state index contributed by atoms with van der Waals surface area (Å²) >= 11 is 5.68. The molecule has 4 rings (SSSR count). The molecular weight excluding hydrogens is 358 g/mol. The van der Waals surface area contributed by atoms with Crippen molar-refractivity contribution >= 4 is 17.9 Å². The van der Waals surface area contributed by atoms with Crippen molar-refractivity contribution in [3.63, 3.8) is 0 Å². The zero-order valence-corrected chi connectivity index (χ0v) is 16.7. The van der Waals surface area contributed by atoms with E-state index in [-0.39, 0.29) is 0 Å². The highest BCUT2D eigenvalue weighted by atomic mass is 32.1. The second kappa shape index (κ2) is 7.86. The minimum Gasteiger partial charge on any atom is -0.497 e. The first-order valence-corrected chi connectivity index (χ1v) is 10.00. The van der Waals surface area contributed by atoms with E-state index >= 15 is 0 Å². The lowest BCUT2D eigenvalue weighted by atomic mass is 10.2. The number of benzene rings is 1. The number of piperazine rings is 1. The summed E-state index contributed by atoms with van der Waals surface area (Å²) in [6.45, 7) is 9.38. The largest absolute Gasteiger partial charge is 0.497 e. The molecule has 2 heterocycles. The molecule has 0 spiro atoms. The third-order valence-electron chi connectivity index (χ3n) is 5.35. The van der Waals surface area contributed by atoms with E-state index in [1.54, 1.807) is 7.11 Å². The number of hydrogen-bond acceptors (Lipinski definition) is 5. The van der Waals surface area contributed by atoms with E-state index < -0.39 is 0 Å². The van der Waals surface area contributed by atoms with Gasteiger partial charge in [-0.2, -0.15) is 5.10 Å². The molecule has 0 unspecified atom stereocenters. The van der Waals surface area contributed by atoms with Crippen LogP contribution in [0.25, 0.3) is 0 Å². The first kappa shape index (κ1) is 18.3. The number of nitrogens with zero attached hydrogens (tertiary/aromatic N) is 5. The number of aromatic nitrogens is 3. The Morgan fingerprint density at radius 3 is 2.48 bits per heavy atom. The zero-order chi connectivity index (χ0) is 18.8. The van der Waals surface area contributed by atoms with Gasteiger partial charge in [0.05, 0.1) is 13.8 Å². The van der Waals surface area contributed by atoms with Gasteiger partial charge in [-0.15, -0.1) is 6.58 Å². The normalized spacial score (nSPS) is 17.9. The fourth-order valence-electron chi connectivity index (χ4n) is 3.62. The average molecular weight is 386 g/mol. The van der Waals surface area contributed by atoms with Crippen LogP contribution in [0.1, 0.15) is 24.6 Å². The lowest BCUT2D eigenvalue weighted by Crippen LogP contribution is -2.47. The predicted octanol–water partition coefficient (Wildman–Crippen LogP) is 3.27. The summed E-state index contributed by atoms with van der Waals surface area (Å²) in [6, 6.07) is 8.30. The number of allylic oxidation sites excluding steroid dienone is 1. The number of hydrogen-bond donors (Lipinski definition) is 0. The van der Waals surface area contributed by atoms with E-state index in [0.29, 0.717) is 5.92 Å². The lowest BCUT2D eigenvalue weighted by Gasteiger charge is -2.35. The second-order valence-corrected chi connectivity index (χ2v) is 7.62. The van der Waals surface area contributed by atoms with Crippen LogP contribution in [0, 0.1) is 4.77 Å². The Labute approximate surface area is 165 Å². The van der Waals surface area contributed by atoms with Crippen molar-refractivity contribution in [3.05, 3.63) is 47.5 Å². The van der Waals surface area contributed by atoms with Crippen LogP contribution < -0.4 is 9.64 Å². The van der Waals surface area contributed by atoms with E-state index in [1.807, 2.05) is 22.9 Å². The molecule has 1 saturated heterocycles. The first-order chi connectivity index (χ1) is 13.2. The molecule has 6 nitrogen and oxygen atoms in total. The van der Waals surface area contributed by atoms with E-state index in [9.17, 15) is 0 Å². The van der Waals surface area contributed by atoms with Crippen molar-refractivity contribution in [1.29, 1.82) is 0 Å². The molecule has 1 aliphatic heterocycles. The molecule has 1 aromatic carbocycles. The molecule has 2 aromatic rings. The molecule has 1 aliphatic carbocycles. The summed E-state index contributed by atoms with van der Waals surface area (Å²) < 4.78 is 10.2. The van der Waals surface area contributed by atoms with Crippen LogP contribution in [0.3, 0.4) is 0 Å². The van der Waals surface area contributed by atoms with Gasteiger partial charge in [0.2, 0.25) is 0 Å². The molecule has 2 fully saturated rings. The van der Waals surface area contributed by atoms with Crippen LogP contribution in [0.15, 0.2) is 36.9 Å². The summed E-state index contributed by atoms with van der Waals surface area (Å²) in [5.74, 6) is 2.62. The minimum absolute atomic E-state index is 0.583. The maximum absolute atomic E-state index is 5.68. The van der Waals surface area contributed by atoms with Crippen LogP contribution in [-0.2, 0) is 13.2 Å². The summed E-state index contributed by atoms with van der Waals surface area (Å²) in [7, 11) is 1.70. The Morgan fingerprint density at radius 1 is 1.19 bits per heavy atom. The molecule has 0 amide bonds. The summed E-state index contributed by atoms with van der Waals surface area (Å²) in [5, 5.41) is 4.84. The lowest BCUT2D eigenvalue weighted by molar-refractivity contribution is 0.194. The number of rotatable bonds is 7. The number of anilines is 1. The quantitative estimate of drug-likeness (QED) is 0.540. The molecule has 27 heavy (non-hydrogen) atoms. The van der Waals surface area contributed by atoms with Crippen LogP contribution in [0.5, 0.6) is 5.75 Å². The van der Waals surface area contributed by atoms with Gasteiger partial charge < -0.3 is 9.64 Å². The van der Waals surface area contributed by atoms with Gasteiger partial charge in [0.25, 0.3) is 0 Å². The fourth-order valence-corrected chi connectivity index (χ4v) is 3.89. The van der Waals surface area contributed by atoms with Crippen molar-refractivity contribution in [2.75, 3.05) is 38.2 Å². The molecular formula is C20H27N5OS. The molecule has 1 saturated carbocycles. The molecule has 7 heteroatoms. The first-order valence-electron chi connectivity index (χ1n) is 9.59. The Morgan fingerprint density at radius 2 is 1.89 bits per heavy atom. The SMILES string of the molecule is C=CCn1c(C2CC2)nn(CN2CCN(c3ccc(OC)cc3)CC2)c1=S. The average Bonchev–Trinajstić information content (AvgIpc) is 3.51. The highest BCUT2D eigenvalue weighted by molar-refractivity contribution is 7.71. The highest BCUT2D eigenvalue weighted by Crippen LogP contribution is 2.39. The maximum atomic E-state index is 5.68. The third kappa shape index (κ3) is 3.94. The van der Waals surface area contributed by atoms with Crippen molar-refractivity contribution in [1.82, 2.24) is 19.2 Å². The number of methoxy groups -OCH3 is 1. The summed E-state index contributed by atoms with van der Waals surface area (Å²) in [5.41, 5.74) is 1.25. The van der Waals surface area contributed by atoms with Gasteiger partial charge in [-0.25, -0.2) is 4.68 Å². The third-order valence-corrected chi connectivity index (χ3v) is 5.78. The van der Waals surface area contributed by atoms with Crippen LogP contribution in [-0.4, -0.2) is 52.5 Å². The predicted molar refractivity (Wildman–Crippen MR) is 110 cm³/mol. The van der Waals surface area contributed by atoms with Gasteiger partial charge in [0, 0.05) is 44.3 Å². The van der Waals surface area contributed by atoms with E-state index in [2.05, 4.69) is 33.1 Å². The van der Waals surface area contributed by atoms with Crippen molar-refractivity contribution < 1.29 is 4.74 Å². The molecule has 1 aromatic heterocycles. The summed E-state index contributed by atoms with van der Waals surface area (Å²) in [4.78, 5) is 4.85. The number of ether oxygens (including phenoxy) is 1.